The Hall–Kier alpha value is -2.60. The Morgan fingerprint density at radius 3 is 2.50 bits per heavy atom. The summed E-state index contributed by atoms with van der Waals surface area (Å²) in [6.45, 7) is 0. The van der Waals surface area contributed by atoms with Gasteiger partial charge in [-0.1, -0.05) is 0 Å². The highest BCUT2D eigenvalue weighted by Gasteiger charge is 2.25. The molecule has 1 aliphatic rings. The van der Waals surface area contributed by atoms with Crippen molar-refractivity contribution in [3.8, 4) is 11.5 Å². The second-order valence-corrected chi connectivity index (χ2v) is 5.27. The molecule has 2 aromatic rings. The van der Waals surface area contributed by atoms with E-state index in [-0.39, 0.29) is 11.6 Å². The number of carbonyl (C=O) groups excluding carboxylic acids is 1. The predicted molar refractivity (Wildman–Crippen MR) is 84.5 cm³/mol. The molecule has 0 N–H and O–H groups in total. The molecule has 0 spiro atoms. The second kappa shape index (κ2) is 6.03. The van der Waals surface area contributed by atoms with Gasteiger partial charge in [0.25, 0.3) is 0 Å². The zero-order valence-corrected chi connectivity index (χ0v) is 12.8. The predicted octanol–water partition coefficient (Wildman–Crippen LogP) is 3.11. The van der Waals surface area contributed by atoms with Gasteiger partial charge in [-0.05, 0) is 40.6 Å². The van der Waals surface area contributed by atoms with Crippen molar-refractivity contribution < 1.29 is 19.0 Å². The first-order valence-corrected chi connectivity index (χ1v) is 7.42. The van der Waals surface area contributed by atoms with Crippen molar-refractivity contribution in [2.45, 2.75) is 0 Å². The van der Waals surface area contributed by atoms with E-state index in [0.29, 0.717) is 17.1 Å². The number of aliphatic imine (C=N–C) groups is 1. The average molecular weight is 315 g/mol. The number of hydrogen-bond donors (Lipinski definition) is 0. The van der Waals surface area contributed by atoms with Crippen molar-refractivity contribution in [2.75, 3.05) is 14.2 Å². The summed E-state index contributed by atoms with van der Waals surface area (Å²) in [6, 6.07) is 7.13. The van der Waals surface area contributed by atoms with Crippen LogP contribution < -0.4 is 9.47 Å². The van der Waals surface area contributed by atoms with Gasteiger partial charge in [-0.2, -0.15) is 11.3 Å². The van der Waals surface area contributed by atoms with Gasteiger partial charge in [0.15, 0.2) is 5.70 Å². The van der Waals surface area contributed by atoms with E-state index in [2.05, 4.69) is 4.99 Å². The van der Waals surface area contributed by atoms with E-state index < -0.39 is 5.97 Å². The van der Waals surface area contributed by atoms with Crippen LogP contribution in [0.2, 0.25) is 0 Å². The number of rotatable bonds is 4. The lowest BCUT2D eigenvalue weighted by molar-refractivity contribution is -0.129. The van der Waals surface area contributed by atoms with Gasteiger partial charge in [-0.15, -0.1) is 0 Å². The Bertz CT molecular complexity index is 740. The van der Waals surface area contributed by atoms with E-state index in [1.165, 1.54) is 0 Å². The molecule has 0 bridgehead atoms. The normalized spacial score (nSPS) is 15.6. The highest BCUT2D eigenvalue weighted by atomic mass is 32.1. The van der Waals surface area contributed by atoms with E-state index in [9.17, 15) is 4.79 Å². The molecule has 0 amide bonds. The van der Waals surface area contributed by atoms with Gasteiger partial charge in [0.05, 0.1) is 14.2 Å². The lowest BCUT2D eigenvalue weighted by Gasteiger charge is -2.07. The van der Waals surface area contributed by atoms with E-state index in [4.69, 9.17) is 14.2 Å². The van der Waals surface area contributed by atoms with Crippen LogP contribution in [0.15, 0.2) is 45.7 Å². The highest BCUT2D eigenvalue weighted by Crippen LogP contribution is 2.26. The Labute approximate surface area is 131 Å². The van der Waals surface area contributed by atoms with E-state index in [0.717, 1.165) is 5.56 Å². The maximum Gasteiger partial charge on any atom is 0.363 e. The summed E-state index contributed by atoms with van der Waals surface area (Å²) in [7, 11) is 3.12. The molecule has 6 heteroatoms. The number of ether oxygens (including phenoxy) is 3. The number of benzene rings is 1. The fourth-order valence-corrected chi connectivity index (χ4v) is 2.60. The minimum atomic E-state index is -0.469. The van der Waals surface area contributed by atoms with Crippen molar-refractivity contribution in [3.63, 3.8) is 0 Å². The maximum absolute atomic E-state index is 11.9. The van der Waals surface area contributed by atoms with Gasteiger partial charge in [-0.3, -0.25) is 0 Å². The molecule has 1 aromatic carbocycles. The standard InChI is InChI=1S/C16H13NO4S/c1-19-12-6-11(7-13(8-12)20-2)15-17-14(16(18)21-15)5-10-3-4-22-9-10/h3-9H,1-2H3/b14-5+. The van der Waals surface area contributed by atoms with Crippen molar-refractivity contribution in [3.05, 3.63) is 51.8 Å². The molecule has 0 unspecified atom stereocenters. The molecule has 0 radical (unpaired) electrons. The van der Waals surface area contributed by atoms with Crippen LogP contribution >= 0.6 is 11.3 Å². The molecule has 1 aliphatic heterocycles. The van der Waals surface area contributed by atoms with Crippen molar-refractivity contribution in [2.24, 2.45) is 4.99 Å². The van der Waals surface area contributed by atoms with Gasteiger partial charge in [-0.25, -0.2) is 9.79 Å². The number of cyclic esters (lactones) is 1. The van der Waals surface area contributed by atoms with Gasteiger partial charge in [0.1, 0.15) is 11.5 Å². The highest BCUT2D eigenvalue weighted by molar-refractivity contribution is 7.08. The van der Waals surface area contributed by atoms with Gasteiger partial charge in [0, 0.05) is 11.6 Å². The number of methoxy groups -OCH3 is 2. The van der Waals surface area contributed by atoms with Crippen LogP contribution in [0.5, 0.6) is 11.5 Å². The first kappa shape index (κ1) is 14.3. The number of esters is 1. The monoisotopic (exact) mass is 315 g/mol. The molecule has 1 aromatic heterocycles. The third-order valence-corrected chi connectivity index (χ3v) is 3.77. The number of carbonyl (C=O) groups is 1. The lowest BCUT2D eigenvalue weighted by Crippen LogP contribution is -2.06. The van der Waals surface area contributed by atoms with Crippen molar-refractivity contribution in [1.82, 2.24) is 0 Å². The van der Waals surface area contributed by atoms with E-state index in [1.54, 1.807) is 49.8 Å². The Balaban J connectivity index is 1.97. The van der Waals surface area contributed by atoms with Gasteiger partial charge >= 0.3 is 5.97 Å². The molecule has 0 saturated carbocycles. The summed E-state index contributed by atoms with van der Waals surface area (Å²) in [6.07, 6.45) is 1.70. The summed E-state index contributed by atoms with van der Waals surface area (Å²) in [5.74, 6) is 0.971. The lowest BCUT2D eigenvalue weighted by atomic mass is 10.2. The smallest absolute Gasteiger partial charge is 0.363 e. The van der Waals surface area contributed by atoms with Crippen LogP contribution in [0.3, 0.4) is 0 Å². The number of hydrogen-bond acceptors (Lipinski definition) is 6. The van der Waals surface area contributed by atoms with Crippen LogP contribution in [0.25, 0.3) is 6.08 Å². The quantitative estimate of drug-likeness (QED) is 0.642. The summed E-state index contributed by atoms with van der Waals surface area (Å²) < 4.78 is 15.7. The molecule has 112 valence electrons. The fraction of sp³-hybridized carbons (Fsp3) is 0.125. The first-order chi connectivity index (χ1) is 10.7. The molecule has 22 heavy (non-hydrogen) atoms. The minimum absolute atomic E-state index is 0.240. The molecule has 0 aliphatic carbocycles. The molecule has 3 rings (SSSR count). The Kier molecular flexibility index (Phi) is 3.93. The summed E-state index contributed by atoms with van der Waals surface area (Å²) >= 11 is 1.55. The average Bonchev–Trinajstić information content (AvgIpc) is 3.17. The third-order valence-electron chi connectivity index (χ3n) is 3.07. The summed E-state index contributed by atoms with van der Waals surface area (Å²) in [5, 5.41) is 3.87. The zero-order chi connectivity index (χ0) is 15.5. The molecule has 5 nitrogen and oxygen atoms in total. The van der Waals surface area contributed by atoms with E-state index >= 15 is 0 Å². The molecule has 0 atom stereocenters. The summed E-state index contributed by atoms with van der Waals surface area (Å²) in [5.41, 5.74) is 1.82. The number of thiophene rings is 1. The molecule has 0 fully saturated rings. The SMILES string of the molecule is COc1cc(OC)cc(C2=N/C(=C/c3ccsc3)C(=O)O2)c1. The van der Waals surface area contributed by atoms with Gasteiger partial charge < -0.3 is 14.2 Å². The van der Waals surface area contributed by atoms with Crippen LogP contribution in [-0.4, -0.2) is 26.1 Å². The summed E-state index contributed by atoms with van der Waals surface area (Å²) in [4.78, 5) is 16.2. The van der Waals surface area contributed by atoms with Crippen LogP contribution in [0, 0.1) is 0 Å². The van der Waals surface area contributed by atoms with E-state index in [1.807, 2.05) is 16.8 Å². The molecule has 2 heterocycles. The first-order valence-electron chi connectivity index (χ1n) is 6.48. The van der Waals surface area contributed by atoms with Crippen LogP contribution in [0.1, 0.15) is 11.1 Å². The van der Waals surface area contributed by atoms with Crippen LogP contribution in [0.4, 0.5) is 0 Å². The molecular weight excluding hydrogens is 302 g/mol. The third kappa shape index (κ3) is 2.87. The topological polar surface area (TPSA) is 57.1 Å². The second-order valence-electron chi connectivity index (χ2n) is 4.49. The van der Waals surface area contributed by atoms with Crippen molar-refractivity contribution >= 4 is 29.3 Å². The largest absolute Gasteiger partial charge is 0.497 e. The van der Waals surface area contributed by atoms with Crippen LogP contribution in [-0.2, 0) is 9.53 Å². The van der Waals surface area contributed by atoms with Crippen molar-refractivity contribution in [1.29, 1.82) is 0 Å². The van der Waals surface area contributed by atoms with Gasteiger partial charge in [0.2, 0.25) is 5.90 Å². The Morgan fingerprint density at radius 2 is 1.91 bits per heavy atom. The maximum atomic E-state index is 11.9. The molecule has 0 saturated heterocycles. The number of nitrogens with zero attached hydrogens (tertiary/aromatic N) is 1. The molecular formula is C16H13NO4S. The fourth-order valence-electron chi connectivity index (χ4n) is 1.98. The zero-order valence-electron chi connectivity index (χ0n) is 12.0. The minimum Gasteiger partial charge on any atom is -0.497 e. The Morgan fingerprint density at radius 1 is 1.18 bits per heavy atom.